The zero-order valence-corrected chi connectivity index (χ0v) is 12.4. The molecular formula is C14H11BrF4O2. The van der Waals surface area contributed by atoms with Crippen molar-refractivity contribution in [3.05, 3.63) is 53.3 Å². The lowest BCUT2D eigenvalue weighted by molar-refractivity contribution is -0.137. The smallest absolute Gasteiger partial charge is 0.416 e. The summed E-state index contributed by atoms with van der Waals surface area (Å²) in [6.07, 6.45) is -3.96. The first-order chi connectivity index (χ1) is 9.59. The van der Waals surface area contributed by atoms with Crippen LogP contribution in [0.25, 0.3) is 0 Å². The van der Waals surface area contributed by atoms with Gasteiger partial charge >= 0.3 is 6.18 Å². The maximum Gasteiger partial charge on any atom is 0.416 e. The normalized spacial score (nSPS) is 26.1. The van der Waals surface area contributed by atoms with Gasteiger partial charge in [0, 0.05) is 6.08 Å². The van der Waals surface area contributed by atoms with Gasteiger partial charge in [-0.3, -0.25) is 0 Å². The molecule has 2 atom stereocenters. The van der Waals surface area contributed by atoms with Crippen molar-refractivity contribution in [2.24, 2.45) is 0 Å². The van der Waals surface area contributed by atoms with Gasteiger partial charge in [0.2, 0.25) is 0 Å². The highest BCUT2D eigenvalue weighted by atomic mass is 79.9. The number of benzene rings is 1. The first-order valence-corrected chi connectivity index (χ1v) is 6.71. The zero-order chi connectivity index (χ0) is 15.8. The number of aliphatic hydroxyl groups is 1. The van der Waals surface area contributed by atoms with Gasteiger partial charge in [-0.15, -0.1) is 0 Å². The molecular weight excluding hydrogens is 356 g/mol. The Bertz CT molecular complexity index is 605. The Balaban J connectivity index is 2.29. The Kier molecular flexibility index (Phi) is 4.17. The van der Waals surface area contributed by atoms with E-state index in [1.165, 1.54) is 19.1 Å². The Hall–Kier alpha value is -1.34. The molecule has 21 heavy (non-hydrogen) atoms. The molecule has 7 heteroatoms. The number of hydrogen-bond donors (Lipinski definition) is 1. The topological polar surface area (TPSA) is 29.5 Å². The molecule has 0 radical (unpaired) electrons. The van der Waals surface area contributed by atoms with E-state index in [-0.39, 0.29) is 11.5 Å². The van der Waals surface area contributed by atoms with E-state index in [2.05, 4.69) is 15.9 Å². The van der Waals surface area contributed by atoms with Crippen LogP contribution in [0.3, 0.4) is 0 Å². The molecule has 0 saturated carbocycles. The third-order valence-electron chi connectivity index (χ3n) is 2.89. The van der Waals surface area contributed by atoms with Gasteiger partial charge < -0.3 is 9.84 Å². The van der Waals surface area contributed by atoms with Crippen molar-refractivity contribution in [1.82, 2.24) is 0 Å². The average molecular weight is 367 g/mol. The van der Waals surface area contributed by atoms with E-state index in [1.54, 1.807) is 0 Å². The van der Waals surface area contributed by atoms with E-state index in [4.69, 9.17) is 4.74 Å². The lowest BCUT2D eigenvalue weighted by Crippen LogP contribution is -2.33. The van der Waals surface area contributed by atoms with E-state index < -0.39 is 22.4 Å². The Morgan fingerprint density at radius 2 is 2.00 bits per heavy atom. The minimum Gasteiger partial charge on any atom is -0.457 e. The Labute approximate surface area is 126 Å². The molecule has 0 aromatic heterocycles. The maximum absolute atomic E-state index is 13.5. The van der Waals surface area contributed by atoms with Crippen LogP contribution >= 0.6 is 15.9 Å². The van der Waals surface area contributed by atoms with Gasteiger partial charge in [0.1, 0.15) is 11.5 Å². The summed E-state index contributed by atoms with van der Waals surface area (Å²) < 4.78 is 54.8. The summed E-state index contributed by atoms with van der Waals surface area (Å²) in [6.45, 7) is 1.54. The Morgan fingerprint density at radius 1 is 1.33 bits per heavy atom. The summed E-state index contributed by atoms with van der Waals surface area (Å²) in [4.78, 5) is 0. The molecule has 1 aromatic carbocycles. The molecule has 1 aromatic rings. The monoisotopic (exact) mass is 366 g/mol. The number of halogens is 5. The lowest BCUT2D eigenvalue weighted by Gasteiger charge is -2.26. The molecule has 2 nitrogen and oxygen atoms in total. The number of ether oxygens (including phenoxy) is 1. The van der Waals surface area contributed by atoms with E-state index in [1.807, 2.05) is 0 Å². The molecule has 0 saturated heterocycles. The van der Waals surface area contributed by atoms with Crippen molar-refractivity contribution in [2.45, 2.75) is 23.8 Å². The first kappa shape index (κ1) is 16.0. The minimum absolute atomic E-state index is 0.0515. The third kappa shape index (κ3) is 3.65. The molecule has 0 bridgehead atoms. The molecule has 114 valence electrons. The molecule has 1 N–H and O–H groups in total. The van der Waals surface area contributed by atoms with E-state index in [9.17, 15) is 22.7 Å². The van der Waals surface area contributed by atoms with Crippen LogP contribution in [0.4, 0.5) is 17.6 Å². The van der Waals surface area contributed by atoms with Crippen molar-refractivity contribution in [3.8, 4) is 5.75 Å². The highest BCUT2D eigenvalue weighted by Gasteiger charge is 2.36. The fourth-order valence-corrected chi connectivity index (χ4v) is 2.11. The van der Waals surface area contributed by atoms with E-state index in [0.29, 0.717) is 5.57 Å². The van der Waals surface area contributed by atoms with E-state index >= 15 is 0 Å². The Morgan fingerprint density at radius 3 is 2.62 bits per heavy atom. The first-order valence-electron chi connectivity index (χ1n) is 5.92. The molecule has 0 fully saturated rings. The minimum atomic E-state index is -4.48. The van der Waals surface area contributed by atoms with Gasteiger partial charge in [-0.2, -0.15) is 13.2 Å². The van der Waals surface area contributed by atoms with Crippen LogP contribution in [0.5, 0.6) is 5.75 Å². The van der Waals surface area contributed by atoms with Gasteiger partial charge in [0.25, 0.3) is 0 Å². The number of allylic oxidation sites excluding steroid dienone is 1. The van der Waals surface area contributed by atoms with Crippen LogP contribution < -0.4 is 4.74 Å². The van der Waals surface area contributed by atoms with Crippen LogP contribution in [0, 0.1) is 0 Å². The number of alkyl halides is 5. The summed E-state index contributed by atoms with van der Waals surface area (Å²) in [5.74, 6) is 0.0343. The summed E-state index contributed by atoms with van der Waals surface area (Å²) in [6, 6.07) is 4.31. The molecule has 1 aliphatic rings. The average Bonchev–Trinajstić information content (AvgIpc) is 2.35. The second-order valence-electron chi connectivity index (χ2n) is 4.62. The maximum atomic E-state index is 13.5. The van der Waals surface area contributed by atoms with Crippen molar-refractivity contribution in [2.75, 3.05) is 0 Å². The predicted octanol–water partition coefficient (Wildman–Crippen LogP) is 4.35. The van der Waals surface area contributed by atoms with Gasteiger partial charge in [-0.25, -0.2) is 4.39 Å². The highest BCUT2D eigenvalue weighted by Crippen LogP contribution is 2.36. The van der Waals surface area contributed by atoms with Crippen LogP contribution in [-0.2, 0) is 6.18 Å². The summed E-state index contributed by atoms with van der Waals surface area (Å²) in [5, 5.41) is 9.75. The summed E-state index contributed by atoms with van der Waals surface area (Å²) in [5.41, 5.74) is -0.473. The van der Waals surface area contributed by atoms with Crippen LogP contribution in [0.2, 0.25) is 0 Å². The summed E-state index contributed by atoms with van der Waals surface area (Å²) >= 11 is 2.78. The van der Waals surface area contributed by atoms with Crippen LogP contribution in [0.1, 0.15) is 12.5 Å². The highest BCUT2D eigenvalue weighted by molar-refractivity contribution is 9.10. The van der Waals surface area contributed by atoms with Crippen molar-refractivity contribution >= 4 is 15.9 Å². The summed E-state index contributed by atoms with van der Waals surface area (Å²) in [7, 11) is 0. The quantitative estimate of drug-likeness (QED) is 0.622. The van der Waals surface area contributed by atoms with Gasteiger partial charge in [-0.1, -0.05) is 6.07 Å². The molecule has 0 amide bonds. The number of rotatable bonds is 2. The fourth-order valence-electron chi connectivity index (χ4n) is 1.77. The zero-order valence-electron chi connectivity index (χ0n) is 10.8. The fraction of sp³-hybridized carbons (Fsp3) is 0.286. The molecule has 0 aliphatic heterocycles. The number of hydrogen-bond acceptors (Lipinski definition) is 2. The van der Waals surface area contributed by atoms with E-state index in [0.717, 1.165) is 24.3 Å². The van der Waals surface area contributed by atoms with Gasteiger partial charge in [-0.05, 0) is 52.7 Å². The van der Waals surface area contributed by atoms with Gasteiger partial charge in [0.15, 0.2) is 10.7 Å². The second kappa shape index (κ2) is 5.46. The molecule has 0 spiro atoms. The third-order valence-corrected chi connectivity index (χ3v) is 3.56. The van der Waals surface area contributed by atoms with Crippen molar-refractivity contribution in [1.29, 1.82) is 0 Å². The van der Waals surface area contributed by atoms with Crippen LogP contribution in [-0.4, -0.2) is 15.8 Å². The SMILES string of the molecule is CC1=CC(F)C(O)(Br)C=C1Oc1cccc(C(F)(F)F)c1. The molecule has 1 aliphatic carbocycles. The second-order valence-corrected chi connectivity index (χ2v) is 5.89. The van der Waals surface area contributed by atoms with Crippen molar-refractivity contribution < 1.29 is 27.4 Å². The van der Waals surface area contributed by atoms with Crippen molar-refractivity contribution in [3.63, 3.8) is 0 Å². The van der Waals surface area contributed by atoms with Gasteiger partial charge in [0.05, 0.1) is 5.56 Å². The molecule has 2 unspecified atom stereocenters. The molecule has 0 heterocycles. The van der Waals surface area contributed by atoms with Crippen LogP contribution in [0.15, 0.2) is 47.7 Å². The predicted molar refractivity (Wildman–Crippen MR) is 72.7 cm³/mol. The lowest BCUT2D eigenvalue weighted by atomic mass is 10.0. The molecule has 2 rings (SSSR count). The standard InChI is InChI=1S/C14H11BrF4O2/c1-8-5-12(16)13(15,20)7-11(8)21-10-4-2-3-9(6-10)14(17,18)19/h2-7,12,20H,1H3. The largest absolute Gasteiger partial charge is 0.457 e.